The van der Waals surface area contributed by atoms with Crippen molar-refractivity contribution in [2.24, 2.45) is 0 Å². The second-order valence-electron chi connectivity index (χ2n) is 8.97. The molecule has 1 heterocycles. The number of carbonyl (C=O) groups is 1. The molecule has 1 aliphatic heterocycles. The third-order valence-corrected chi connectivity index (χ3v) is 8.00. The Labute approximate surface area is 217 Å². The van der Waals surface area contributed by atoms with E-state index in [0.717, 1.165) is 29.5 Å². The van der Waals surface area contributed by atoms with E-state index in [4.69, 9.17) is 4.74 Å². The van der Waals surface area contributed by atoms with Crippen LogP contribution >= 0.6 is 0 Å². The minimum absolute atomic E-state index is 0.00249. The van der Waals surface area contributed by atoms with Gasteiger partial charge in [-0.25, -0.2) is 12.8 Å². The molecular weight excluding hydrogens is 493 g/mol. The highest BCUT2D eigenvalue weighted by Gasteiger charge is 2.27. The summed E-state index contributed by atoms with van der Waals surface area (Å²) < 4.78 is 47.0. The molecule has 3 aromatic rings. The van der Waals surface area contributed by atoms with E-state index < -0.39 is 28.3 Å². The first kappa shape index (κ1) is 26.6. The number of halogens is 1. The molecule has 196 valence electrons. The van der Waals surface area contributed by atoms with Gasteiger partial charge in [-0.15, -0.1) is 0 Å². The zero-order valence-corrected chi connectivity index (χ0v) is 21.7. The van der Waals surface area contributed by atoms with Crippen LogP contribution in [-0.2, 0) is 27.9 Å². The first-order valence-corrected chi connectivity index (χ1v) is 13.9. The third-order valence-electron chi connectivity index (χ3n) is 6.21. The van der Waals surface area contributed by atoms with E-state index in [2.05, 4.69) is 22.3 Å². The summed E-state index contributed by atoms with van der Waals surface area (Å²) in [7, 11) is -4.11. The number of amides is 1. The minimum atomic E-state index is -4.11. The first-order valence-electron chi connectivity index (χ1n) is 12.4. The number of likely N-dealkylation sites (tertiary alicyclic amines) is 1. The highest BCUT2D eigenvalue weighted by Crippen LogP contribution is 2.25. The fourth-order valence-electron chi connectivity index (χ4n) is 4.35. The molecule has 4 rings (SSSR count). The SMILES string of the molecule is CCOc1ccc(S(=O)(=O)N(CC(=O)NCc2cccc(CN3CCCC3)c2)c2ccc(F)cc2)cc1. The van der Waals surface area contributed by atoms with Crippen molar-refractivity contribution >= 4 is 21.6 Å². The van der Waals surface area contributed by atoms with E-state index in [1.807, 2.05) is 19.1 Å². The van der Waals surface area contributed by atoms with Crippen LogP contribution in [0.4, 0.5) is 10.1 Å². The van der Waals surface area contributed by atoms with Crippen LogP contribution < -0.4 is 14.4 Å². The minimum Gasteiger partial charge on any atom is -0.494 e. The second-order valence-corrected chi connectivity index (χ2v) is 10.8. The number of hydrogen-bond acceptors (Lipinski definition) is 5. The van der Waals surface area contributed by atoms with Gasteiger partial charge in [0.2, 0.25) is 5.91 Å². The molecule has 0 atom stereocenters. The van der Waals surface area contributed by atoms with Crippen molar-refractivity contribution in [2.75, 3.05) is 30.5 Å². The highest BCUT2D eigenvalue weighted by molar-refractivity contribution is 7.92. The fraction of sp³-hybridized carbons (Fsp3) is 0.321. The quantitative estimate of drug-likeness (QED) is 0.403. The van der Waals surface area contributed by atoms with Crippen LogP contribution in [-0.4, -0.2) is 45.5 Å². The fourth-order valence-corrected chi connectivity index (χ4v) is 5.77. The molecule has 1 saturated heterocycles. The molecule has 3 aromatic carbocycles. The van der Waals surface area contributed by atoms with Crippen LogP contribution in [0, 0.1) is 5.82 Å². The van der Waals surface area contributed by atoms with Gasteiger partial charge < -0.3 is 10.1 Å². The van der Waals surface area contributed by atoms with Gasteiger partial charge >= 0.3 is 0 Å². The molecule has 9 heteroatoms. The number of sulfonamides is 1. The van der Waals surface area contributed by atoms with E-state index >= 15 is 0 Å². The maximum atomic E-state index is 13.6. The van der Waals surface area contributed by atoms with Crippen LogP contribution in [0.25, 0.3) is 0 Å². The third kappa shape index (κ3) is 7.08. The van der Waals surface area contributed by atoms with Gasteiger partial charge in [-0.3, -0.25) is 14.0 Å². The van der Waals surface area contributed by atoms with Crippen LogP contribution in [0.5, 0.6) is 5.75 Å². The van der Waals surface area contributed by atoms with Crippen LogP contribution in [0.3, 0.4) is 0 Å². The Morgan fingerprint density at radius 1 is 1.00 bits per heavy atom. The Balaban J connectivity index is 1.48. The molecule has 0 unspecified atom stereocenters. The summed E-state index contributed by atoms with van der Waals surface area (Å²) in [6.07, 6.45) is 2.44. The Bertz CT molecular complexity index is 1290. The van der Waals surface area contributed by atoms with Crippen molar-refractivity contribution in [2.45, 2.75) is 37.8 Å². The van der Waals surface area contributed by atoms with Crippen molar-refractivity contribution in [3.05, 3.63) is 89.7 Å². The standard InChI is InChI=1S/C28H32FN3O4S/c1-2-36-26-12-14-27(15-13-26)37(34,35)32(25-10-8-24(29)9-11-25)21-28(33)30-19-22-6-5-7-23(18-22)20-31-16-3-4-17-31/h5-15,18H,2-4,16-17,19-21H2,1H3,(H,30,33). The maximum absolute atomic E-state index is 13.6. The van der Waals surface area contributed by atoms with Gasteiger partial charge in [-0.1, -0.05) is 24.3 Å². The molecule has 0 saturated carbocycles. The van der Waals surface area contributed by atoms with E-state index in [0.29, 0.717) is 12.4 Å². The van der Waals surface area contributed by atoms with Gasteiger partial charge in [-0.2, -0.15) is 0 Å². The van der Waals surface area contributed by atoms with E-state index in [-0.39, 0.29) is 17.1 Å². The number of hydrogen-bond donors (Lipinski definition) is 1. The number of benzene rings is 3. The van der Waals surface area contributed by atoms with Crippen molar-refractivity contribution in [3.8, 4) is 5.75 Å². The Hall–Kier alpha value is -3.43. The van der Waals surface area contributed by atoms with Gasteiger partial charge in [0.05, 0.1) is 17.2 Å². The highest BCUT2D eigenvalue weighted by atomic mass is 32.2. The van der Waals surface area contributed by atoms with Crippen molar-refractivity contribution < 1.29 is 22.3 Å². The average molecular weight is 526 g/mol. The molecule has 1 aliphatic rings. The maximum Gasteiger partial charge on any atom is 0.264 e. The van der Waals surface area contributed by atoms with Crippen molar-refractivity contribution in [1.29, 1.82) is 0 Å². The first-order chi connectivity index (χ1) is 17.8. The predicted octanol–water partition coefficient (Wildman–Crippen LogP) is 4.33. The summed E-state index contributed by atoms with van der Waals surface area (Å²) in [5, 5.41) is 2.83. The van der Waals surface area contributed by atoms with Crippen molar-refractivity contribution in [1.82, 2.24) is 10.2 Å². The van der Waals surface area contributed by atoms with Gasteiger partial charge in [0, 0.05) is 13.1 Å². The molecule has 0 spiro atoms. The second kappa shape index (κ2) is 12.2. The lowest BCUT2D eigenvalue weighted by Gasteiger charge is -2.24. The average Bonchev–Trinajstić information content (AvgIpc) is 3.40. The molecule has 7 nitrogen and oxygen atoms in total. The number of nitrogens with one attached hydrogen (secondary N) is 1. The Kier molecular flexibility index (Phi) is 8.78. The van der Waals surface area contributed by atoms with E-state index in [1.54, 1.807) is 12.1 Å². The zero-order chi connectivity index (χ0) is 26.3. The predicted molar refractivity (Wildman–Crippen MR) is 141 cm³/mol. The van der Waals surface area contributed by atoms with Crippen molar-refractivity contribution in [3.63, 3.8) is 0 Å². The number of rotatable bonds is 11. The normalized spacial score (nSPS) is 13.9. The monoisotopic (exact) mass is 525 g/mol. The molecule has 0 aromatic heterocycles. The van der Waals surface area contributed by atoms with Crippen LogP contribution in [0.1, 0.15) is 30.9 Å². The molecule has 37 heavy (non-hydrogen) atoms. The van der Waals surface area contributed by atoms with E-state index in [1.165, 1.54) is 54.8 Å². The number of carbonyl (C=O) groups excluding carboxylic acids is 1. The van der Waals surface area contributed by atoms with E-state index in [9.17, 15) is 17.6 Å². The Morgan fingerprint density at radius 2 is 1.68 bits per heavy atom. The molecule has 1 fully saturated rings. The van der Waals surface area contributed by atoms with Gasteiger partial charge in [0.1, 0.15) is 18.1 Å². The molecule has 1 N–H and O–H groups in total. The number of anilines is 1. The summed E-state index contributed by atoms with van der Waals surface area (Å²) in [4.78, 5) is 15.3. The van der Waals surface area contributed by atoms with Gasteiger partial charge in [0.25, 0.3) is 10.0 Å². The summed E-state index contributed by atoms with van der Waals surface area (Å²) in [5.41, 5.74) is 2.31. The lowest BCUT2D eigenvalue weighted by Crippen LogP contribution is -2.40. The van der Waals surface area contributed by atoms with Crippen LogP contribution in [0.2, 0.25) is 0 Å². The topological polar surface area (TPSA) is 79.0 Å². The summed E-state index contributed by atoms with van der Waals surface area (Å²) in [6.45, 7) is 5.19. The lowest BCUT2D eigenvalue weighted by atomic mass is 10.1. The Morgan fingerprint density at radius 3 is 2.35 bits per heavy atom. The summed E-state index contributed by atoms with van der Waals surface area (Å²) in [6, 6.07) is 19.0. The molecular formula is C28H32FN3O4S. The molecule has 0 radical (unpaired) electrons. The smallest absolute Gasteiger partial charge is 0.264 e. The number of ether oxygens (including phenoxy) is 1. The van der Waals surface area contributed by atoms with Crippen LogP contribution in [0.15, 0.2) is 77.7 Å². The lowest BCUT2D eigenvalue weighted by molar-refractivity contribution is -0.119. The van der Waals surface area contributed by atoms with Gasteiger partial charge in [0.15, 0.2) is 0 Å². The summed E-state index contributed by atoms with van der Waals surface area (Å²) >= 11 is 0. The molecule has 1 amide bonds. The number of nitrogens with zero attached hydrogens (tertiary/aromatic N) is 2. The van der Waals surface area contributed by atoms with Gasteiger partial charge in [-0.05, 0) is 92.5 Å². The zero-order valence-electron chi connectivity index (χ0n) is 20.9. The molecule has 0 aliphatic carbocycles. The largest absolute Gasteiger partial charge is 0.494 e. The summed E-state index contributed by atoms with van der Waals surface area (Å²) in [5.74, 6) is -0.427. The molecule has 0 bridgehead atoms.